The fourth-order valence-electron chi connectivity index (χ4n) is 3.25. The Hall–Kier alpha value is -1.42. The minimum absolute atomic E-state index is 0. The standard InChI is InChI=1S/C21H25NOS.ClH/c1-22(2)15-17-11-12-24-21-10-5-4-9-19(21)20(17)14-16-7-6-8-18(13-16)23-3;/h4-10,13-14,17H,11-12,15H2,1-3H3;1H/b20-14+;. The third-order valence-corrected chi connectivity index (χ3v) is 5.47. The Bertz CT molecular complexity index is 729. The van der Waals surface area contributed by atoms with Crippen LogP contribution in [0.1, 0.15) is 17.5 Å². The topological polar surface area (TPSA) is 12.5 Å². The monoisotopic (exact) mass is 375 g/mol. The highest BCUT2D eigenvalue weighted by atomic mass is 35.5. The Balaban J connectivity index is 0.00000225. The summed E-state index contributed by atoms with van der Waals surface area (Å²) in [5, 5.41) is 0. The largest absolute Gasteiger partial charge is 0.497 e. The number of fused-ring (bicyclic) bond motifs is 1. The van der Waals surface area contributed by atoms with Gasteiger partial charge in [0, 0.05) is 11.4 Å². The molecule has 0 saturated heterocycles. The van der Waals surface area contributed by atoms with Crippen LogP contribution in [0.25, 0.3) is 11.6 Å². The van der Waals surface area contributed by atoms with Gasteiger partial charge in [-0.1, -0.05) is 36.4 Å². The lowest BCUT2D eigenvalue weighted by Crippen LogP contribution is -2.22. The third-order valence-electron chi connectivity index (χ3n) is 4.36. The van der Waals surface area contributed by atoms with Gasteiger partial charge in [0.05, 0.1) is 7.11 Å². The summed E-state index contributed by atoms with van der Waals surface area (Å²) in [6.07, 6.45) is 3.55. The molecule has 1 heterocycles. The molecule has 3 rings (SSSR count). The van der Waals surface area contributed by atoms with Crippen molar-refractivity contribution < 1.29 is 4.74 Å². The summed E-state index contributed by atoms with van der Waals surface area (Å²) in [5.41, 5.74) is 4.03. The van der Waals surface area contributed by atoms with Gasteiger partial charge in [0.15, 0.2) is 0 Å². The molecule has 134 valence electrons. The molecule has 1 unspecified atom stereocenters. The van der Waals surface area contributed by atoms with Crippen LogP contribution in [0.4, 0.5) is 0 Å². The van der Waals surface area contributed by atoms with E-state index in [-0.39, 0.29) is 12.4 Å². The van der Waals surface area contributed by atoms with Gasteiger partial charge in [-0.2, -0.15) is 0 Å². The summed E-state index contributed by atoms with van der Waals surface area (Å²) in [7, 11) is 6.04. The van der Waals surface area contributed by atoms with Crippen molar-refractivity contribution in [3.63, 3.8) is 0 Å². The molecule has 0 bridgehead atoms. The lowest BCUT2D eigenvalue weighted by Gasteiger charge is -2.23. The molecule has 0 fully saturated rings. The second-order valence-electron chi connectivity index (χ2n) is 6.47. The van der Waals surface area contributed by atoms with Crippen molar-refractivity contribution in [3.8, 4) is 5.75 Å². The minimum Gasteiger partial charge on any atom is -0.497 e. The number of hydrogen-bond acceptors (Lipinski definition) is 3. The van der Waals surface area contributed by atoms with E-state index >= 15 is 0 Å². The molecule has 2 aromatic rings. The molecule has 0 saturated carbocycles. The van der Waals surface area contributed by atoms with E-state index in [2.05, 4.69) is 67.5 Å². The van der Waals surface area contributed by atoms with Crippen LogP contribution in [0, 0.1) is 5.92 Å². The van der Waals surface area contributed by atoms with E-state index < -0.39 is 0 Å². The first kappa shape index (κ1) is 19.9. The van der Waals surface area contributed by atoms with Crippen molar-refractivity contribution in [2.75, 3.05) is 33.5 Å². The first-order chi connectivity index (χ1) is 11.7. The van der Waals surface area contributed by atoms with Crippen LogP contribution in [-0.2, 0) is 0 Å². The summed E-state index contributed by atoms with van der Waals surface area (Å²) in [6, 6.07) is 17.1. The highest BCUT2D eigenvalue weighted by molar-refractivity contribution is 7.99. The van der Waals surface area contributed by atoms with Gasteiger partial charge in [-0.3, -0.25) is 0 Å². The number of methoxy groups -OCH3 is 1. The molecule has 0 radical (unpaired) electrons. The van der Waals surface area contributed by atoms with Crippen molar-refractivity contribution >= 4 is 35.8 Å². The van der Waals surface area contributed by atoms with Crippen LogP contribution >= 0.6 is 24.2 Å². The first-order valence-corrected chi connectivity index (χ1v) is 9.38. The van der Waals surface area contributed by atoms with Crippen molar-refractivity contribution in [2.24, 2.45) is 5.92 Å². The number of benzene rings is 2. The Morgan fingerprint density at radius 2 is 1.96 bits per heavy atom. The smallest absolute Gasteiger partial charge is 0.119 e. The average molecular weight is 376 g/mol. The zero-order valence-corrected chi connectivity index (χ0v) is 16.7. The first-order valence-electron chi connectivity index (χ1n) is 8.40. The van der Waals surface area contributed by atoms with E-state index in [1.165, 1.54) is 33.8 Å². The molecule has 0 aromatic heterocycles. The molecule has 1 atom stereocenters. The van der Waals surface area contributed by atoms with Crippen LogP contribution in [0.2, 0.25) is 0 Å². The highest BCUT2D eigenvalue weighted by Gasteiger charge is 2.22. The maximum absolute atomic E-state index is 5.39. The fourth-order valence-corrected chi connectivity index (χ4v) is 4.39. The van der Waals surface area contributed by atoms with E-state index in [1.807, 2.05) is 17.8 Å². The Labute approximate surface area is 161 Å². The zero-order valence-electron chi connectivity index (χ0n) is 15.1. The third kappa shape index (κ3) is 5.04. The normalized spacial score (nSPS) is 18.4. The minimum atomic E-state index is 0. The SMILES string of the molecule is COc1cccc(/C=C2/c3ccccc3SCCC2CN(C)C)c1.Cl. The second kappa shape index (κ2) is 9.33. The van der Waals surface area contributed by atoms with Crippen LogP contribution in [0.15, 0.2) is 53.4 Å². The van der Waals surface area contributed by atoms with Gasteiger partial charge >= 0.3 is 0 Å². The summed E-state index contributed by atoms with van der Waals surface area (Å²) in [5.74, 6) is 2.62. The van der Waals surface area contributed by atoms with Crippen LogP contribution < -0.4 is 4.74 Å². The van der Waals surface area contributed by atoms with Crippen molar-refractivity contribution in [3.05, 3.63) is 59.7 Å². The van der Waals surface area contributed by atoms with Crippen molar-refractivity contribution in [1.82, 2.24) is 4.90 Å². The molecule has 2 aromatic carbocycles. The number of nitrogens with zero attached hydrogens (tertiary/aromatic N) is 1. The molecule has 25 heavy (non-hydrogen) atoms. The molecule has 1 aliphatic rings. The molecule has 0 N–H and O–H groups in total. The number of hydrogen-bond donors (Lipinski definition) is 0. The van der Waals surface area contributed by atoms with Gasteiger partial charge in [-0.05, 0) is 67.1 Å². The van der Waals surface area contributed by atoms with E-state index in [0.29, 0.717) is 5.92 Å². The summed E-state index contributed by atoms with van der Waals surface area (Å²) in [4.78, 5) is 3.69. The molecule has 4 heteroatoms. The zero-order chi connectivity index (χ0) is 16.9. The predicted octanol–water partition coefficient (Wildman–Crippen LogP) is 5.33. The van der Waals surface area contributed by atoms with Gasteiger partial charge in [-0.15, -0.1) is 24.2 Å². The molecule has 0 spiro atoms. The Kier molecular flexibility index (Phi) is 7.42. The number of ether oxygens (including phenoxy) is 1. The Morgan fingerprint density at radius 1 is 1.16 bits per heavy atom. The predicted molar refractivity (Wildman–Crippen MR) is 112 cm³/mol. The lowest BCUT2D eigenvalue weighted by molar-refractivity contribution is 0.361. The number of halogens is 1. The fraction of sp³-hybridized carbons (Fsp3) is 0.333. The number of thioether (sulfide) groups is 1. The van der Waals surface area contributed by atoms with Crippen LogP contribution in [0.5, 0.6) is 5.75 Å². The molecule has 2 nitrogen and oxygen atoms in total. The van der Waals surface area contributed by atoms with E-state index in [4.69, 9.17) is 4.74 Å². The maximum atomic E-state index is 5.39. The Morgan fingerprint density at radius 3 is 2.72 bits per heavy atom. The van der Waals surface area contributed by atoms with Gasteiger partial charge in [0.1, 0.15) is 5.75 Å². The van der Waals surface area contributed by atoms with Crippen molar-refractivity contribution in [2.45, 2.75) is 11.3 Å². The van der Waals surface area contributed by atoms with Crippen LogP contribution in [-0.4, -0.2) is 38.4 Å². The number of rotatable bonds is 4. The van der Waals surface area contributed by atoms with E-state index in [9.17, 15) is 0 Å². The summed E-state index contributed by atoms with van der Waals surface area (Å²) >= 11 is 1.98. The van der Waals surface area contributed by atoms with Gasteiger partial charge in [0.25, 0.3) is 0 Å². The van der Waals surface area contributed by atoms with Gasteiger partial charge < -0.3 is 9.64 Å². The van der Waals surface area contributed by atoms with E-state index in [0.717, 1.165) is 12.3 Å². The molecule has 1 aliphatic heterocycles. The second-order valence-corrected chi connectivity index (χ2v) is 7.61. The van der Waals surface area contributed by atoms with Gasteiger partial charge in [0.2, 0.25) is 0 Å². The highest BCUT2D eigenvalue weighted by Crippen LogP contribution is 2.40. The molecular formula is C21H26ClNOS. The maximum Gasteiger partial charge on any atom is 0.119 e. The van der Waals surface area contributed by atoms with Gasteiger partial charge in [-0.25, -0.2) is 0 Å². The van der Waals surface area contributed by atoms with Crippen LogP contribution in [0.3, 0.4) is 0 Å². The lowest BCUT2D eigenvalue weighted by atomic mass is 9.88. The average Bonchev–Trinajstić information content (AvgIpc) is 2.75. The molecular weight excluding hydrogens is 350 g/mol. The van der Waals surface area contributed by atoms with E-state index in [1.54, 1.807) is 7.11 Å². The molecule has 0 amide bonds. The summed E-state index contributed by atoms with van der Waals surface area (Å²) in [6.45, 7) is 1.07. The quantitative estimate of drug-likeness (QED) is 0.716. The molecule has 0 aliphatic carbocycles. The van der Waals surface area contributed by atoms with Crippen molar-refractivity contribution in [1.29, 1.82) is 0 Å². The summed E-state index contributed by atoms with van der Waals surface area (Å²) < 4.78 is 5.39.